The summed E-state index contributed by atoms with van der Waals surface area (Å²) >= 11 is 5.96. The van der Waals surface area contributed by atoms with Crippen LogP contribution in [0.25, 0.3) is 0 Å². The number of amides is 1. The third kappa shape index (κ3) is 4.38. The van der Waals surface area contributed by atoms with Crippen molar-refractivity contribution in [1.29, 1.82) is 0 Å². The van der Waals surface area contributed by atoms with Crippen molar-refractivity contribution in [2.24, 2.45) is 0 Å². The lowest BCUT2D eigenvalue weighted by Gasteiger charge is -2.35. The zero-order chi connectivity index (χ0) is 16.9. The first-order valence-corrected chi connectivity index (χ1v) is 8.13. The van der Waals surface area contributed by atoms with E-state index < -0.39 is 5.54 Å². The van der Waals surface area contributed by atoms with Gasteiger partial charge in [0.2, 0.25) is 0 Å². The van der Waals surface area contributed by atoms with Crippen molar-refractivity contribution in [3.05, 3.63) is 28.8 Å². The number of aryl methyl sites for hydroxylation is 1. The molecule has 0 heterocycles. The van der Waals surface area contributed by atoms with Crippen molar-refractivity contribution in [3.63, 3.8) is 0 Å². The Bertz CT molecular complexity index is 582. The number of carbonyl (C=O) groups is 2. The molecule has 0 spiro atoms. The van der Waals surface area contributed by atoms with Crippen LogP contribution in [0.5, 0.6) is 5.75 Å². The number of benzene rings is 1. The molecule has 1 saturated carbocycles. The molecule has 6 heteroatoms. The summed E-state index contributed by atoms with van der Waals surface area (Å²) < 4.78 is 10.4. The lowest BCUT2D eigenvalue weighted by molar-refractivity contribution is -0.152. The summed E-state index contributed by atoms with van der Waals surface area (Å²) in [5.41, 5.74) is -0.0357. The molecule has 0 atom stereocenters. The van der Waals surface area contributed by atoms with Crippen LogP contribution in [0, 0.1) is 6.92 Å². The van der Waals surface area contributed by atoms with Crippen LogP contribution in [0.2, 0.25) is 5.02 Å². The van der Waals surface area contributed by atoms with Gasteiger partial charge in [0.15, 0.2) is 6.61 Å². The topological polar surface area (TPSA) is 64.6 Å². The van der Waals surface area contributed by atoms with Gasteiger partial charge in [0.25, 0.3) is 5.91 Å². The highest BCUT2D eigenvalue weighted by Crippen LogP contribution is 2.29. The number of hydrogen-bond acceptors (Lipinski definition) is 4. The molecule has 0 aromatic heterocycles. The molecule has 1 aliphatic rings. The largest absolute Gasteiger partial charge is 0.484 e. The van der Waals surface area contributed by atoms with Gasteiger partial charge in [0, 0.05) is 5.02 Å². The van der Waals surface area contributed by atoms with E-state index >= 15 is 0 Å². The number of nitrogens with one attached hydrogen (secondary N) is 1. The third-order valence-electron chi connectivity index (χ3n) is 4.16. The Morgan fingerprint density at radius 3 is 2.57 bits per heavy atom. The summed E-state index contributed by atoms with van der Waals surface area (Å²) in [5, 5.41) is 3.46. The normalized spacial score (nSPS) is 16.5. The molecule has 1 aromatic rings. The number of esters is 1. The molecule has 0 radical (unpaired) electrons. The second kappa shape index (κ2) is 7.68. The van der Waals surface area contributed by atoms with Crippen molar-refractivity contribution in [2.45, 2.75) is 44.6 Å². The fraction of sp³-hybridized carbons (Fsp3) is 0.529. The summed E-state index contributed by atoms with van der Waals surface area (Å²) in [6.45, 7) is 1.71. The summed E-state index contributed by atoms with van der Waals surface area (Å²) in [6, 6.07) is 5.20. The zero-order valence-electron chi connectivity index (χ0n) is 13.5. The highest BCUT2D eigenvalue weighted by molar-refractivity contribution is 6.31. The molecule has 1 amide bonds. The second-order valence-corrected chi connectivity index (χ2v) is 6.29. The van der Waals surface area contributed by atoms with Gasteiger partial charge in [-0.25, -0.2) is 4.79 Å². The molecule has 0 bridgehead atoms. The average Bonchev–Trinajstić information content (AvgIpc) is 2.56. The second-order valence-electron chi connectivity index (χ2n) is 5.88. The van der Waals surface area contributed by atoms with Gasteiger partial charge in [-0.3, -0.25) is 4.79 Å². The van der Waals surface area contributed by atoms with Crippen LogP contribution in [0.15, 0.2) is 18.2 Å². The maximum Gasteiger partial charge on any atom is 0.331 e. The average molecular weight is 340 g/mol. The van der Waals surface area contributed by atoms with Gasteiger partial charge < -0.3 is 14.8 Å². The van der Waals surface area contributed by atoms with Gasteiger partial charge in [-0.05, 0) is 43.5 Å². The van der Waals surface area contributed by atoms with Crippen LogP contribution in [-0.2, 0) is 14.3 Å². The first kappa shape index (κ1) is 17.6. The van der Waals surface area contributed by atoms with Gasteiger partial charge >= 0.3 is 5.97 Å². The highest BCUT2D eigenvalue weighted by atomic mass is 35.5. The van der Waals surface area contributed by atoms with E-state index in [1.54, 1.807) is 18.2 Å². The fourth-order valence-corrected chi connectivity index (χ4v) is 3.01. The summed E-state index contributed by atoms with van der Waals surface area (Å²) in [4.78, 5) is 24.3. The maximum atomic E-state index is 12.2. The monoisotopic (exact) mass is 339 g/mol. The van der Waals surface area contributed by atoms with E-state index in [-0.39, 0.29) is 18.5 Å². The van der Waals surface area contributed by atoms with Gasteiger partial charge in [0.05, 0.1) is 7.11 Å². The quantitative estimate of drug-likeness (QED) is 0.837. The Labute approximate surface area is 141 Å². The highest BCUT2D eigenvalue weighted by Gasteiger charge is 2.41. The molecule has 1 aliphatic carbocycles. The van der Waals surface area contributed by atoms with Crippen LogP contribution in [0.3, 0.4) is 0 Å². The molecule has 1 fully saturated rings. The minimum Gasteiger partial charge on any atom is -0.484 e. The standard InChI is InChI=1S/C17H22ClNO4/c1-12-10-13(6-7-14(12)18)23-11-15(20)19-17(16(21)22-2)8-4-3-5-9-17/h6-7,10H,3-5,8-9,11H2,1-2H3,(H,19,20). The maximum absolute atomic E-state index is 12.2. The van der Waals surface area contributed by atoms with E-state index in [9.17, 15) is 9.59 Å². The smallest absolute Gasteiger partial charge is 0.331 e. The lowest BCUT2D eigenvalue weighted by atomic mass is 9.81. The van der Waals surface area contributed by atoms with Crippen LogP contribution in [-0.4, -0.2) is 31.1 Å². The van der Waals surface area contributed by atoms with Gasteiger partial charge in [0.1, 0.15) is 11.3 Å². The Hall–Kier alpha value is -1.75. The molecule has 23 heavy (non-hydrogen) atoms. The number of methoxy groups -OCH3 is 1. The zero-order valence-corrected chi connectivity index (χ0v) is 14.2. The number of halogens is 1. The molecule has 126 valence electrons. The van der Waals surface area contributed by atoms with Crippen LogP contribution >= 0.6 is 11.6 Å². The fourth-order valence-electron chi connectivity index (χ4n) is 2.89. The van der Waals surface area contributed by atoms with E-state index in [2.05, 4.69) is 5.32 Å². The van der Waals surface area contributed by atoms with E-state index in [1.807, 2.05) is 6.92 Å². The van der Waals surface area contributed by atoms with Crippen molar-refractivity contribution < 1.29 is 19.1 Å². The van der Waals surface area contributed by atoms with Crippen molar-refractivity contribution in [1.82, 2.24) is 5.32 Å². The van der Waals surface area contributed by atoms with E-state index in [1.165, 1.54) is 7.11 Å². The van der Waals surface area contributed by atoms with Gasteiger partial charge in [-0.15, -0.1) is 0 Å². The molecular formula is C17H22ClNO4. The van der Waals surface area contributed by atoms with Crippen molar-refractivity contribution in [3.8, 4) is 5.75 Å². The van der Waals surface area contributed by atoms with Crippen molar-refractivity contribution in [2.75, 3.05) is 13.7 Å². The molecule has 1 N–H and O–H groups in total. The van der Waals surface area contributed by atoms with Gasteiger partial charge in [-0.2, -0.15) is 0 Å². The van der Waals surface area contributed by atoms with Crippen LogP contribution in [0.1, 0.15) is 37.7 Å². The minimum absolute atomic E-state index is 0.153. The molecule has 1 aromatic carbocycles. The predicted octanol–water partition coefficient (Wildman–Crippen LogP) is 3.02. The summed E-state index contributed by atoms with van der Waals surface area (Å²) in [6.07, 6.45) is 4.06. The Kier molecular flexibility index (Phi) is 5.88. The lowest BCUT2D eigenvalue weighted by Crippen LogP contribution is -2.57. The van der Waals surface area contributed by atoms with Gasteiger partial charge in [-0.1, -0.05) is 30.9 Å². The molecular weight excluding hydrogens is 318 g/mol. The summed E-state index contributed by atoms with van der Waals surface area (Å²) in [7, 11) is 1.35. The molecule has 2 rings (SSSR count). The van der Waals surface area contributed by atoms with Crippen LogP contribution in [0.4, 0.5) is 0 Å². The first-order chi connectivity index (χ1) is 11.0. The SMILES string of the molecule is COC(=O)C1(NC(=O)COc2ccc(Cl)c(C)c2)CCCCC1. The molecule has 5 nitrogen and oxygen atoms in total. The Morgan fingerprint density at radius 2 is 1.96 bits per heavy atom. The summed E-state index contributed by atoms with van der Waals surface area (Å²) in [5.74, 6) is -0.143. The Balaban J connectivity index is 1.96. The minimum atomic E-state index is -0.913. The molecule has 0 unspecified atom stereocenters. The van der Waals surface area contributed by atoms with E-state index in [4.69, 9.17) is 21.1 Å². The first-order valence-electron chi connectivity index (χ1n) is 7.75. The molecule has 0 aliphatic heterocycles. The Morgan fingerprint density at radius 1 is 1.26 bits per heavy atom. The molecule has 0 saturated heterocycles. The predicted molar refractivity (Wildman–Crippen MR) is 87.7 cm³/mol. The van der Waals surface area contributed by atoms with Crippen molar-refractivity contribution >= 4 is 23.5 Å². The number of carbonyl (C=O) groups excluding carboxylic acids is 2. The number of rotatable bonds is 5. The number of ether oxygens (including phenoxy) is 2. The van der Waals surface area contributed by atoms with E-state index in [0.717, 1.165) is 24.8 Å². The number of hydrogen-bond donors (Lipinski definition) is 1. The van der Waals surface area contributed by atoms with Crippen LogP contribution < -0.4 is 10.1 Å². The third-order valence-corrected chi connectivity index (χ3v) is 4.59. The van der Waals surface area contributed by atoms with E-state index in [0.29, 0.717) is 23.6 Å².